The van der Waals surface area contributed by atoms with E-state index in [4.69, 9.17) is 11.6 Å². The van der Waals surface area contributed by atoms with Gasteiger partial charge in [-0.15, -0.1) is 12.4 Å². The van der Waals surface area contributed by atoms with E-state index in [0.29, 0.717) is 25.7 Å². The van der Waals surface area contributed by atoms with E-state index in [9.17, 15) is 17.2 Å². The topological polar surface area (TPSA) is 49.4 Å². The van der Waals surface area contributed by atoms with Gasteiger partial charge in [0.2, 0.25) is 0 Å². The lowest BCUT2D eigenvalue weighted by molar-refractivity contribution is 0.162. The first-order valence-electron chi connectivity index (χ1n) is 9.78. The molecule has 2 unspecified atom stereocenters. The number of rotatable bonds is 4. The van der Waals surface area contributed by atoms with Gasteiger partial charge in [-0.25, -0.2) is 17.2 Å². The molecule has 0 saturated carbocycles. The van der Waals surface area contributed by atoms with Crippen molar-refractivity contribution in [3.63, 3.8) is 0 Å². The average Bonchev–Trinajstić information content (AvgIpc) is 2.71. The molecule has 0 amide bonds. The molecular weight excluding hydrogens is 453 g/mol. The maximum absolute atomic E-state index is 13.9. The van der Waals surface area contributed by atoms with Crippen molar-refractivity contribution in [2.75, 3.05) is 19.6 Å². The number of piperidine rings is 1. The standard InChI is InChI=1S/C21H23ClF2N2O2S.ClH/c22-17-10-18(23)19(24)11-20(17)29(27,28)21(15-6-3-8-25-12-15)26-9-7-14-4-1-2-5-16(14)13-26;/h1-2,4-5,10-11,15,21,25H,3,6-9,12-13H2;1H. The molecule has 30 heavy (non-hydrogen) atoms. The minimum absolute atomic E-state index is 0. The molecule has 0 aromatic heterocycles. The lowest BCUT2D eigenvalue weighted by Crippen LogP contribution is -2.52. The molecule has 2 atom stereocenters. The molecule has 2 heterocycles. The normalized spacial score (nSPS) is 20.8. The minimum Gasteiger partial charge on any atom is -0.316 e. The lowest BCUT2D eigenvalue weighted by Gasteiger charge is -2.40. The van der Waals surface area contributed by atoms with Crippen molar-refractivity contribution in [1.82, 2.24) is 10.2 Å². The average molecular weight is 477 g/mol. The van der Waals surface area contributed by atoms with E-state index in [0.717, 1.165) is 37.4 Å². The van der Waals surface area contributed by atoms with Crippen LogP contribution in [0, 0.1) is 17.6 Å². The van der Waals surface area contributed by atoms with Crippen molar-refractivity contribution < 1.29 is 17.2 Å². The number of nitrogens with zero attached hydrogens (tertiary/aromatic N) is 1. The van der Waals surface area contributed by atoms with Crippen LogP contribution in [0.3, 0.4) is 0 Å². The summed E-state index contributed by atoms with van der Waals surface area (Å²) < 4.78 is 54.8. The van der Waals surface area contributed by atoms with Gasteiger partial charge in [0.15, 0.2) is 21.5 Å². The van der Waals surface area contributed by atoms with Crippen LogP contribution in [0.2, 0.25) is 5.02 Å². The van der Waals surface area contributed by atoms with Crippen molar-refractivity contribution in [2.24, 2.45) is 5.92 Å². The van der Waals surface area contributed by atoms with Crippen LogP contribution in [0.4, 0.5) is 8.78 Å². The van der Waals surface area contributed by atoms with E-state index >= 15 is 0 Å². The predicted octanol–water partition coefficient (Wildman–Crippen LogP) is 4.20. The van der Waals surface area contributed by atoms with Crippen LogP contribution in [-0.4, -0.2) is 38.3 Å². The highest BCUT2D eigenvalue weighted by atomic mass is 35.5. The Morgan fingerprint density at radius 1 is 1.13 bits per heavy atom. The second kappa shape index (κ2) is 9.49. The summed E-state index contributed by atoms with van der Waals surface area (Å²) in [4.78, 5) is 1.61. The number of halogens is 4. The number of nitrogens with one attached hydrogen (secondary N) is 1. The monoisotopic (exact) mass is 476 g/mol. The van der Waals surface area contributed by atoms with Gasteiger partial charge in [0.05, 0.1) is 9.92 Å². The summed E-state index contributed by atoms with van der Waals surface area (Å²) in [6, 6.07) is 9.45. The van der Waals surface area contributed by atoms with Crippen LogP contribution in [0.1, 0.15) is 24.0 Å². The van der Waals surface area contributed by atoms with Gasteiger partial charge in [-0.3, -0.25) is 4.90 Å². The minimum atomic E-state index is -4.03. The molecule has 4 nitrogen and oxygen atoms in total. The smallest absolute Gasteiger partial charge is 0.196 e. The molecule has 1 saturated heterocycles. The molecule has 1 fully saturated rings. The van der Waals surface area contributed by atoms with Crippen LogP contribution >= 0.6 is 24.0 Å². The van der Waals surface area contributed by atoms with Crippen LogP contribution in [-0.2, 0) is 22.8 Å². The van der Waals surface area contributed by atoms with Crippen molar-refractivity contribution in [3.8, 4) is 0 Å². The number of sulfone groups is 1. The van der Waals surface area contributed by atoms with Crippen molar-refractivity contribution in [3.05, 3.63) is 64.2 Å². The van der Waals surface area contributed by atoms with Crippen molar-refractivity contribution in [2.45, 2.75) is 36.1 Å². The summed E-state index contributed by atoms with van der Waals surface area (Å²) in [7, 11) is -4.03. The second-order valence-corrected chi connectivity index (χ2v) is 10.1. The molecule has 1 N–H and O–H groups in total. The number of fused-ring (bicyclic) bond motifs is 1. The molecular formula is C21H24Cl2F2N2O2S. The van der Waals surface area contributed by atoms with E-state index in [-0.39, 0.29) is 28.2 Å². The first-order valence-corrected chi connectivity index (χ1v) is 11.7. The zero-order chi connectivity index (χ0) is 20.6. The van der Waals surface area contributed by atoms with E-state index in [1.807, 2.05) is 23.1 Å². The number of benzene rings is 2. The van der Waals surface area contributed by atoms with Gasteiger partial charge in [-0.1, -0.05) is 35.9 Å². The van der Waals surface area contributed by atoms with Crippen LogP contribution in [0.25, 0.3) is 0 Å². The molecule has 164 valence electrons. The van der Waals surface area contributed by atoms with Gasteiger partial charge in [0.25, 0.3) is 0 Å². The fourth-order valence-electron chi connectivity index (χ4n) is 4.46. The van der Waals surface area contributed by atoms with Gasteiger partial charge in [0.1, 0.15) is 5.37 Å². The van der Waals surface area contributed by atoms with Gasteiger partial charge in [-0.05, 0) is 49.1 Å². The van der Waals surface area contributed by atoms with Gasteiger partial charge < -0.3 is 5.32 Å². The van der Waals surface area contributed by atoms with Gasteiger partial charge >= 0.3 is 0 Å². The number of hydrogen-bond donors (Lipinski definition) is 1. The molecule has 2 aromatic carbocycles. The fraction of sp³-hybridized carbons (Fsp3) is 0.429. The SMILES string of the molecule is Cl.O=S(=O)(c1cc(F)c(F)cc1Cl)C(C1CCCNC1)N1CCc2ccccc2C1. The van der Waals surface area contributed by atoms with Gasteiger partial charge in [0, 0.05) is 25.6 Å². The Balaban J connectivity index is 0.00000256. The Labute approximate surface area is 186 Å². The lowest BCUT2D eigenvalue weighted by atomic mass is 9.95. The second-order valence-electron chi connectivity index (χ2n) is 7.73. The summed E-state index contributed by atoms with van der Waals surface area (Å²) in [5.41, 5.74) is 2.31. The third-order valence-corrected chi connectivity index (χ3v) is 8.55. The Morgan fingerprint density at radius 2 is 1.83 bits per heavy atom. The van der Waals surface area contributed by atoms with Gasteiger partial charge in [-0.2, -0.15) is 0 Å². The maximum atomic E-state index is 13.9. The summed E-state index contributed by atoms with van der Waals surface area (Å²) in [5, 5.41) is 2.14. The Hall–Kier alpha value is -1.25. The van der Waals surface area contributed by atoms with E-state index in [1.54, 1.807) is 0 Å². The van der Waals surface area contributed by atoms with Crippen molar-refractivity contribution >= 4 is 33.8 Å². The third-order valence-electron chi connectivity index (χ3n) is 5.86. The Kier molecular flexibility index (Phi) is 7.40. The molecule has 0 bridgehead atoms. The molecule has 9 heteroatoms. The number of hydrogen-bond acceptors (Lipinski definition) is 4. The first kappa shape index (κ1) is 23.4. The Bertz CT molecular complexity index is 1010. The maximum Gasteiger partial charge on any atom is 0.196 e. The third kappa shape index (κ3) is 4.50. The fourth-order valence-corrected chi connectivity index (χ4v) is 7.10. The molecule has 2 aliphatic heterocycles. The predicted molar refractivity (Wildman–Crippen MR) is 116 cm³/mol. The molecule has 2 aliphatic rings. The Morgan fingerprint density at radius 3 is 2.53 bits per heavy atom. The molecule has 4 rings (SSSR count). The van der Waals surface area contributed by atoms with Crippen LogP contribution in [0.15, 0.2) is 41.3 Å². The van der Waals surface area contributed by atoms with Crippen LogP contribution < -0.4 is 5.32 Å². The highest BCUT2D eigenvalue weighted by molar-refractivity contribution is 7.92. The van der Waals surface area contributed by atoms with E-state index in [2.05, 4.69) is 11.4 Å². The summed E-state index contributed by atoms with van der Waals surface area (Å²) in [6.07, 6.45) is 2.36. The molecule has 2 aromatic rings. The van der Waals surface area contributed by atoms with E-state index in [1.165, 1.54) is 5.56 Å². The van der Waals surface area contributed by atoms with Crippen LogP contribution in [0.5, 0.6) is 0 Å². The molecule has 0 aliphatic carbocycles. The van der Waals surface area contributed by atoms with Crippen molar-refractivity contribution in [1.29, 1.82) is 0 Å². The zero-order valence-electron chi connectivity index (χ0n) is 16.3. The summed E-state index contributed by atoms with van der Waals surface area (Å²) >= 11 is 6.07. The zero-order valence-corrected chi connectivity index (χ0v) is 18.7. The molecule has 0 radical (unpaired) electrons. The first-order chi connectivity index (χ1) is 13.9. The summed E-state index contributed by atoms with van der Waals surface area (Å²) in [6.45, 7) is 2.48. The van der Waals surface area contributed by atoms with E-state index < -0.39 is 26.8 Å². The highest BCUT2D eigenvalue weighted by Gasteiger charge is 2.42. The summed E-state index contributed by atoms with van der Waals surface area (Å²) in [5.74, 6) is -2.53. The highest BCUT2D eigenvalue weighted by Crippen LogP contribution is 2.35. The largest absolute Gasteiger partial charge is 0.316 e. The molecule has 0 spiro atoms. The quantitative estimate of drug-likeness (QED) is 0.530.